The maximum atomic E-state index is 10.7. The number of rotatable bonds is 2. The third kappa shape index (κ3) is 2.76. The Morgan fingerprint density at radius 3 is 1.88 bits per heavy atom. The quantitative estimate of drug-likeness (QED) is 0.862. The number of hydroxylamine groups is 2. The smallest absolute Gasteiger partial charge is 0.131 e. The molecule has 0 bridgehead atoms. The fourth-order valence-corrected chi connectivity index (χ4v) is 3.55. The zero-order valence-electron chi connectivity index (χ0n) is 15.0. The van der Waals surface area contributed by atoms with Crippen LogP contribution in [-0.4, -0.2) is 16.0 Å². The molecule has 3 nitrogen and oxygen atoms in total. The number of benzene rings is 2. The Labute approximate surface area is 143 Å². The Hall–Kier alpha value is -2.39. The Kier molecular flexibility index (Phi) is 4.06. The Morgan fingerprint density at radius 2 is 1.33 bits per heavy atom. The molecule has 1 aliphatic rings. The van der Waals surface area contributed by atoms with E-state index in [0.29, 0.717) is 0 Å². The van der Waals surface area contributed by atoms with Crippen molar-refractivity contribution in [2.75, 3.05) is 0 Å². The number of nitrogens with zero attached hydrogens (tertiary/aromatic N) is 2. The Bertz CT molecular complexity index is 810. The summed E-state index contributed by atoms with van der Waals surface area (Å²) in [7, 11) is 0. The SMILES string of the molecule is Cc1cc(C)cc(C2=NC=CN(O)C2(C)c2cc(C)cc(C)c2)c1. The second-order valence-electron chi connectivity index (χ2n) is 6.95. The fraction of sp³-hybridized carbons (Fsp3) is 0.286. The van der Waals surface area contributed by atoms with Gasteiger partial charge in [0.05, 0.1) is 5.71 Å². The van der Waals surface area contributed by atoms with Gasteiger partial charge in [-0.25, -0.2) is 5.06 Å². The lowest BCUT2D eigenvalue weighted by Gasteiger charge is -2.40. The first-order chi connectivity index (χ1) is 11.3. The van der Waals surface area contributed by atoms with Crippen LogP contribution in [0.5, 0.6) is 0 Å². The molecule has 0 fully saturated rings. The van der Waals surface area contributed by atoms with Crippen LogP contribution in [0.4, 0.5) is 0 Å². The van der Waals surface area contributed by atoms with Crippen molar-refractivity contribution in [2.24, 2.45) is 4.99 Å². The molecule has 3 heteroatoms. The largest absolute Gasteiger partial charge is 0.288 e. The highest BCUT2D eigenvalue weighted by atomic mass is 16.5. The van der Waals surface area contributed by atoms with E-state index in [4.69, 9.17) is 0 Å². The van der Waals surface area contributed by atoms with E-state index < -0.39 is 5.54 Å². The molecule has 1 atom stereocenters. The third-order valence-electron chi connectivity index (χ3n) is 4.61. The summed E-state index contributed by atoms with van der Waals surface area (Å²) >= 11 is 0. The first-order valence-corrected chi connectivity index (χ1v) is 8.21. The average molecular weight is 320 g/mol. The van der Waals surface area contributed by atoms with Crippen LogP contribution in [-0.2, 0) is 5.54 Å². The van der Waals surface area contributed by atoms with Crippen LogP contribution in [0, 0.1) is 27.7 Å². The van der Waals surface area contributed by atoms with E-state index in [-0.39, 0.29) is 0 Å². The molecule has 124 valence electrons. The van der Waals surface area contributed by atoms with Gasteiger partial charge in [0, 0.05) is 12.4 Å². The molecule has 2 aromatic carbocycles. The summed E-state index contributed by atoms with van der Waals surface area (Å²) in [5.74, 6) is 0. The lowest BCUT2D eigenvalue weighted by molar-refractivity contribution is -0.101. The highest BCUT2D eigenvalue weighted by Gasteiger charge is 2.40. The monoisotopic (exact) mass is 320 g/mol. The highest BCUT2D eigenvalue weighted by Crippen LogP contribution is 2.35. The molecular weight excluding hydrogens is 296 g/mol. The number of aryl methyl sites for hydroxylation is 4. The predicted molar refractivity (Wildman–Crippen MR) is 98.5 cm³/mol. The first-order valence-electron chi connectivity index (χ1n) is 8.21. The van der Waals surface area contributed by atoms with E-state index >= 15 is 0 Å². The molecule has 1 heterocycles. The van der Waals surface area contributed by atoms with Gasteiger partial charge in [0.2, 0.25) is 0 Å². The van der Waals surface area contributed by atoms with E-state index in [1.165, 1.54) is 27.3 Å². The molecular formula is C21H24N2O. The normalized spacial score (nSPS) is 20.2. The zero-order chi connectivity index (χ0) is 17.5. The average Bonchev–Trinajstić information content (AvgIpc) is 2.48. The van der Waals surface area contributed by atoms with Crippen LogP contribution in [0.1, 0.15) is 40.3 Å². The molecule has 0 amide bonds. The summed E-state index contributed by atoms with van der Waals surface area (Å²) in [6.45, 7) is 10.3. The molecule has 1 aliphatic heterocycles. The van der Waals surface area contributed by atoms with Gasteiger partial charge in [-0.05, 0) is 45.7 Å². The van der Waals surface area contributed by atoms with E-state index in [9.17, 15) is 5.21 Å². The second-order valence-corrected chi connectivity index (χ2v) is 6.95. The van der Waals surface area contributed by atoms with Gasteiger partial charge in [-0.1, -0.05) is 58.7 Å². The number of hydrogen-bond donors (Lipinski definition) is 1. The summed E-state index contributed by atoms with van der Waals surface area (Å²) < 4.78 is 0. The summed E-state index contributed by atoms with van der Waals surface area (Å²) in [6.07, 6.45) is 3.27. The van der Waals surface area contributed by atoms with Gasteiger partial charge in [-0.2, -0.15) is 0 Å². The molecule has 1 N–H and O–H groups in total. The van der Waals surface area contributed by atoms with Crippen LogP contribution in [0.3, 0.4) is 0 Å². The highest BCUT2D eigenvalue weighted by molar-refractivity contribution is 6.08. The molecule has 24 heavy (non-hydrogen) atoms. The van der Waals surface area contributed by atoms with E-state index in [1.807, 2.05) is 6.92 Å². The first kappa shape index (κ1) is 16.5. The minimum Gasteiger partial charge on any atom is -0.288 e. The predicted octanol–water partition coefficient (Wildman–Crippen LogP) is 4.80. The maximum absolute atomic E-state index is 10.7. The van der Waals surface area contributed by atoms with E-state index in [2.05, 4.69) is 69.1 Å². The fourth-order valence-electron chi connectivity index (χ4n) is 3.55. The lowest BCUT2D eigenvalue weighted by Crippen LogP contribution is -2.47. The van der Waals surface area contributed by atoms with Crippen molar-refractivity contribution in [3.63, 3.8) is 0 Å². The summed E-state index contributed by atoms with van der Waals surface area (Å²) in [5, 5.41) is 12.0. The third-order valence-corrected chi connectivity index (χ3v) is 4.61. The molecule has 1 unspecified atom stereocenters. The van der Waals surface area contributed by atoms with E-state index in [1.54, 1.807) is 12.4 Å². The van der Waals surface area contributed by atoms with Crippen molar-refractivity contribution in [3.8, 4) is 0 Å². The van der Waals surface area contributed by atoms with Gasteiger partial charge < -0.3 is 0 Å². The minimum absolute atomic E-state index is 0.730. The Morgan fingerprint density at radius 1 is 0.833 bits per heavy atom. The number of hydrogen-bond acceptors (Lipinski definition) is 3. The van der Waals surface area contributed by atoms with Crippen LogP contribution >= 0.6 is 0 Å². The molecule has 2 aromatic rings. The van der Waals surface area contributed by atoms with Crippen molar-refractivity contribution in [1.82, 2.24) is 5.06 Å². The Balaban J connectivity index is 2.22. The summed E-state index contributed by atoms with van der Waals surface area (Å²) in [4.78, 5) is 4.66. The van der Waals surface area contributed by atoms with Crippen LogP contribution < -0.4 is 0 Å². The zero-order valence-corrected chi connectivity index (χ0v) is 15.0. The van der Waals surface area contributed by atoms with Crippen LogP contribution in [0.15, 0.2) is 53.8 Å². The maximum Gasteiger partial charge on any atom is 0.131 e. The standard InChI is InChI=1S/C21H24N2O/c1-14-8-15(2)11-18(10-14)20-21(5,23(24)7-6-22-20)19-12-16(3)9-17(4)13-19/h6-13,24H,1-5H3. The second kappa shape index (κ2) is 5.91. The molecule has 0 spiro atoms. The van der Waals surface area contributed by atoms with Gasteiger partial charge >= 0.3 is 0 Å². The topological polar surface area (TPSA) is 35.8 Å². The van der Waals surface area contributed by atoms with Gasteiger partial charge in [0.15, 0.2) is 0 Å². The summed E-state index contributed by atoms with van der Waals surface area (Å²) in [6, 6.07) is 12.8. The van der Waals surface area contributed by atoms with Gasteiger partial charge in [-0.3, -0.25) is 10.2 Å². The van der Waals surface area contributed by atoms with Crippen molar-refractivity contribution in [2.45, 2.75) is 40.2 Å². The van der Waals surface area contributed by atoms with Gasteiger partial charge in [-0.15, -0.1) is 0 Å². The number of aliphatic imine (C=N–C) groups is 1. The minimum atomic E-state index is -0.730. The van der Waals surface area contributed by atoms with Gasteiger partial charge in [0.25, 0.3) is 0 Å². The van der Waals surface area contributed by atoms with Crippen molar-refractivity contribution in [3.05, 3.63) is 82.2 Å². The summed E-state index contributed by atoms with van der Waals surface area (Å²) in [5.41, 5.74) is 6.92. The molecule has 3 rings (SSSR count). The molecule has 0 radical (unpaired) electrons. The molecule has 0 saturated heterocycles. The van der Waals surface area contributed by atoms with Crippen LogP contribution in [0.25, 0.3) is 0 Å². The lowest BCUT2D eigenvalue weighted by atomic mass is 9.80. The molecule has 0 aliphatic carbocycles. The van der Waals surface area contributed by atoms with Crippen LogP contribution in [0.2, 0.25) is 0 Å². The molecule has 0 aromatic heterocycles. The van der Waals surface area contributed by atoms with Gasteiger partial charge in [0.1, 0.15) is 5.54 Å². The molecule has 0 saturated carbocycles. The van der Waals surface area contributed by atoms with Crippen molar-refractivity contribution >= 4 is 5.71 Å². The van der Waals surface area contributed by atoms with Crippen molar-refractivity contribution in [1.29, 1.82) is 0 Å². The van der Waals surface area contributed by atoms with Crippen molar-refractivity contribution < 1.29 is 5.21 Å². The van der Waals surface area contributed by atoms with E-state index in [0.717, 1.165) is 16.8 Å².